The maximum absolute atomic E-state index is 14.0. The lowest BCUT2D eigenvalue weighted by atomic mass is 9.85. The summed E-state index contributed by atoms with van der Waals surface area (Å²) < 4.78 is 11.3. The minimum atomic E-state index is -0.929. The molecule has 2 fully saturated rings. The zero-order valence-corrected chi connectivity index (χ0v) is 36.6. The van der Waals surface area contributed by atoms with Gasteiger partial charge in [-0.15, -0.1) is 11.3 Å². The number of amides is 4. The molecule has 0 radical (unpaired) electrons. The van der Waals surface area contributed by atoms with Gasteiger partial charge in [-0.05, 0) is 34.6 Å². The van der Waals surface area contributed by atoms with Gasteiger partial charge >= 0.3 is 0 Å². The monoisotopic (exact) mass is 852 g/mol. The van der Waals surface area contributed by atoms with Gasteiger partial charge < -0.3 is 35.0 Å². The molecule has 2 aliphatic heterocycles. The van der Waals surface area contributed by atoms with Crippen molar-refractivity contribution >= 4 is 35.0 Å². The molecule has 0 unspecified atom stereocenters. The highest BCUT2D eigenvalue weighted by Crippen LogP contribution is 2.31. The Labute approximate surface area is 363 Å². The van der Waals surface area contributed by atoms with E-state index in [1.807, 2.05) is 74.5 Å². The van der Waals surface area contributed by atoms with E-state index in [9.17, 15) is 24.3 Å². The zero-order valence-electron chi connectivity index (χ0n) is 35.8. The highest BCUT2D eigenvalue weighted by molar-refractivity contribution is 7.13. The fraction of sp³-hybridized carbons (Fsp3) is 0.468. The quantitative estimate of drug-likeness (QED) is 0.118. The predicted molar refractivity (Wildman–Crippen MR) is 235 cm³/mol. The Morgan fingerprint density at radius 3 is 2.02 bits per heavy atom. The summed E-state index contributed by atoms with van der Waals surface area (Å²) >= 11 is 1.58. The van der Waals surface area contributed by atoms with E-state index >= 15 is 0 Å². The van der Waals surface area contributed by atoms with Crippen molar-refractivity contribution in [1.29, 1.82) is 0 Å². The molecule has 3 aromatic carbocycles. The summed E-state index contributed by atoms with van der Waals surface area (Å²) in [7, 11) is 0. The van der Waals surface area contributed by atoms with Crippen LogP contribution in [-0.2, 0) is 35.2 Å². The number of carbonyl (C=O) groups is 4. The Kier molecular flexibility index (Phi) is 16.2. The van der Waals surface area contributed by atoms with Crippen LogP contribution in [0.2, 0.25) is 0 Å². The largest absolute Gasteiger partial charge is 0.391 e. The van der Waals surface area contributed by atoms with Gasteiger partial charge in [0.15, 0.2) is 0 Å². The van der Waals surface area contributed by atoms with Gasteiger partial charge in [0, 0.05) is 52.1 Å². The second-order valence-corrected chi connectivity index (χ2v) is 17.7. The molecule has 0 saturated carbocycles. The SMILES string of the molecule is Cc1ncsc1-c1ccc(CNC(=O)[C@@H]2C[C@H](O)CN2C(=O)[C@@H](NC(=O)CCOCCOCCC(=O)N2CCN(C(c3ccccc3)c3ccccc3)CC2)C(C)(C)C)cc1. The number of hydrogen-bond donors (Lipinski definition) is 3. The number of ether oxygens (including phenoxy) is 2. The van der Waals surface area contributed by atoms with Crippen LogP contribution in [0, 0.1) is 12.3 Å². The highest BCUT2D eigenvalue weighted by atomic mass is 32.1. The highest BCUT2D eigenvalue weighted by Gasteiger charge is 2.44. The molecule has 3 N–H and O–H groups in total. The number of thiazole rings is 1. The van der Waals surface area contributed by atoms with Crippen molar-refractivity contribution in [2.24, 2.45) is 5.41 Å². The first-order valence-electron chi connectivity index (χ1n) is 21.2. The van der Waals surface area contributed by atoms with Crippen LogP contribution < -0.4 is 10.6 Å². The van der Waals surface area contributed by atoms with Crippen LogP contribution in [-0.4, -0.2) is 126 Å². The third-order valence-corrected chi connectivity index (χ3v) is 12.3. The molecule has 61 heavy (non-hydrogen) atoms. The van der Waals surface area contributed by atoms with E-state index in [1.54, 1.807) is 11.3 Å². The topological polar surface area (TPSA) is 154 Å². The van der Waals surface area contributed by atoms with Crippen LogP contribution in [0.25, 0.3) is 10.4 Å². The van der Waals surface area contributed by atoms with Crippen molar-refractivity contribution in [3.63, 3.8) is 0 Å². The van der Waals surface area contributed by atoms with Gasteiger partial charge in [-0.1, -0.05) is 106 Å². The van der Waals surface area contributed by atoms with Gasteiger partial charge in [-0.2, -0.15) is 0 Å². The minimum Gasteiger partial charge on any atom is -0.391 e. The molecule has 2 aliphatic rings. The first-order valence-corrected chi connectivity index (χ1v) is 22.1. The summed E-state index contributed by atoms with van der Waals surface area (Å²) in [4.78, 5) is 64.6. The van der Waals surface area contributed by atoms with E-state index in [2.05, 4.69) is 69.0 Å². The number of benzene rings is 3. The third kappa shape index (κ3) is 12.5. The van der Waals surface area contributed by atoms with Crippen LogP contribution in [0.4, 0.5) is 0 Å². The van der Waals surface area contributed by atoms with Gasteiger partial charge in [0.1, 0.15) is 12.1 Å². The van der Waals surface area contributed by atoms with Gasteiger partial charge in [-0.25, -0.2) is 4.98 Å². The van der Waals surface area contributed by atoms with Gasteiger partial charge in [0.25, 0.3) is 0 Å². The fourth-order valence-corrected chi connectivity index (χ4v) is 8.74. The Bertz CT molecular complexity index is 1990. The number of rotatable bonds is 18. The van der Waals surface area contributed by atoms with Crippen molar-refractivity contribution < 1.29 is 33.8 Å². The number of piperazine rings is 1. The molecule has 1 aromatic heterocycles. The van der Waals surface area contributed by atoms with Crippen molar-refractivity contribution in [2.75, 3.05) is 59.2 Å². The molecule has 6 rings (SSSR count). The molecule has 2 saturated heterocycles. The maximum atomic E-state index is 14.0. The molecule has 3 atom stereocenters. The molecule has 14 heteroatoms. The van der Waals surface area contributed by atoms with Crippen molar-refractivity contribution in [3.05, 3.63) is 113 Å². The molecular formula is C47H60N6O7S. The average Bonchev–Trinajstić information content (AvgIpc) is 3.88. The number of aryl methyl sites for hydroxylation is 1. The summed E-state index contributed by atoms with van der Waals surface area (Å²) in [5, 5.41) is 16.3. The average molecular weight is 853 g/mol. The van der Waals surface area contributed by atoms with Gasteiger partial charge in [0.05, 0.1) is 61.1 Å². The number of nitrogens with zero attached hydrogens (tertiary/aromatic N) is 4. The Morgan fingerprint density at radius 2 is 1.44 bits per heavy atom. The third-order valence-electron chi connectivity index (χ3n) is 11.3. The molecule has 4 amide bonds. The standard InChI is InChI=1S/C47H60N6O7S/c1-33-43(61-32-49-33)37-17-15-34(16-18-37)30-48-45(57)39-29-38(54)31-53(39)46(58)44(47(2,3)4)50-40(55)19-25-59-27-28-60-26-20-41(56)51-21-23-52(24-22-51)42(35-11-7-5-8-12-35)36-13-9-6-10-14-36/h5-18,32,38-39,42,44,54H,19-31H2,1-4H3,(H,48,57)(H,50,55)/t38-,39-,44+/m0/s1. The molecule has 0 bridgehead atoms. The molecule has 0 spiro atoms. The summed E-state index contributed by atoms with van der Waals surface area (Å²) in [6, 6.07) is 27.2. The van der Waals surface area contributed by atoms with Crippen molar-refractivity contribution in [3.8, 4) is 10.4 Å². The lowest BCUT2D eigenvalue weighted by molar-refractivity contribution is -0.144. The number of aliphatic hydroxyl groups is 1. The van der Waals surface area contributed by atoms with E-state index in [0.717, 1.165) is 34.8 Å². The number of carbonyl (C=O) groups excluding carboxylic acids is 4. The Hall–Kier alpha value is -4.99. The number of nitrogens with one attached hydrogen (secondary N) is 2. The molecule has 0 aliphatic carbocycles. The summed E-state index contributed by atoms with van der Waals surface area (Å²) in [5.74, 6) is -1.08. The zero-order chi connectivity index (χ0) is 43.4. The first-order chi connectivity index (χ1) is 29.4. The second kappa shape index (κ2) is 21.7. The van der Waals surface area contributed by atoms with E-state index in [4.69, 9.17) is 9.47 Å². The van der Waals surface area contributed by atoms with Crippen LogP contribution in [0.15, 0.2) is 90.4 Å². The van der Waals surface area contributed by atoms with Crippen LogP contribution in [0.3, 0.4) is 0 Å². The van der Waals surface area contributed by atoms with E-state index in [-0.39, 0.29) is 82.5 Å². The molecule has 4 aromatic rings. The van der Waals surface area contributed by atoms with E-state index < -0.39 is 29.5 Å². The fourth-order valence-electron chi connectivity index (χ4n) is 7.93. The minimum absolute atomic E-state index is 0.00244. The number of aromatic nitrogens is 1. The molecule has 3 heterocycles. The van der Waals surface area contributed by atoms with Gasteiger partial charge in [-0.3, -0.25) is 24.1 Å². The maximum Gasteiger partial charge on any atom is 0.246 e. The smallest absolute Gasteiger partial charge is 0.246 e. The molecular weight excluding hydrogens is 793 g/mol. The van der Waals surface area contributed by atoms with Crippen LogP contribution in [0.1, 0.15) is 68.5 Å². The second-order valence-electron chi connectivity index (χ2n) is 16.8. The Balaban J connectivity index is 0.875. The van der Waals surface area contributed by atoms with Gasteiger partial charge in [0.2, 0.25) is 23.6 Å². The molecule has 13 nitrogen and oxygen atoms in total. The van der Waals surface area contributed by atoms with E-state index in [0.29, 0.717) is 13.1 Å². The lowest BCUT2D eigenvalue weighted by Gasteiger charge is -2.39. The van der Waals surface area contributed by atoms with Crippen molar-refractivity contribution in [2.45, 2.75) is 77.7 Å². The Morgan fingerprint density at radius 1 is 0.836 bits per heavy atom. The summed E-state index contributed by atoms with van der Waals surface area (Å²) in [6.07, 6.45) is -0.448. The normalized spacial score (nSPS) is 17.7. The predicted octanol–water partition coefficient (Wildman–Crippen LogP) is 4.97. The summed E-state index contributed by atoms with van der Waals surface area (Å²) in [6.45, 7) is 11.6. The van der Waals surface area contributed by atoms with Crippen molar-refractivity contribution in [1.82, 2.24) is 30.3 Å². The van der Waals surface area contributed by atoms with Crippen LogP contribution >= 0.6 is 11.3 Å². The van der Waals surface area contributed by atoms with E-state index in [1.165, 1.54) is 16.0 Å². The first kappa shape index (κ1) is 45.5. The summed E-state index contributed by atoms with van der Waals surface area (Å²) in [5.41, 5.74) is 6.54. The number of hydrogen-bond acceptors (Lipinski definition) is 10. The van der Waals surface area contributed by atoms with Crippen LogP contribution in [0.5, 0.6) is 0 Å². The number of β-amino-alcohol motifs (C(OH)–C–C–N with tert-alkyl or cyclic N) is 1. The lowest BCUT2D eigenvalue weighted by Crippen LogP contribution is -2.57. The molecule has 326 valence electrons. The number of likely N-dealkylation sites (tertiary alicyclic amines) is 1. The number of aliphatic hydroxyl groups excluding tert-OH is 1.